The summed E-state index contributed by atoms with van der Waals surface area (Å²) in [5.74, 6) is -0.437. The van der Waals surface area contributed by atoms with Crippen LogP contribution in [0.15, 0.2) is 29.4 Å². The zero-order valence-electron chi connectivity index (χ0n) is 16.4. The van der Waals surface area contributed by atoms with Crippen molar-refractivity contribution in [2.24, 2.45) is 28.8 Å². The molecule has 1 aromatic carbocycles. The lowest BCUT2D eigenvalue weighted by Crippen LogP contribution is -2.28. The maximum atomic E-state index is 12.7. The summed E-state index contributed by atoms with van der Waals surface area (Å²) in [5, 5.41) is 5.26. The normalized spacial score (nSPS) is 27.8. The summed E-state index contributed by atoms with van der Waals surface area (Å²) in [5.41, 5.74) is 0.735. The monoisotopic (exact) mass is 634 g/mol. The van der Waals surface area contributed by atoms with Gasteiger partial charge in [-0.25, -0.2) is 4.79 Å². The molecule has 1 heterocycles. The van der Waals surface area contributed by atoms with Crippen LogP contribution < -0.4 is 4.74 Å². The molecule has 7 nitrogen and oxygen atoms in total. The number of hydrazone groups is 1. The Labute approximate surface area is 201 Å². The molecule has 0 radical (unpaired) electrons. The molecule has 2 aliphatic carbocycles. The van der Waals surface area contributed by atoms with Gasteiger partial charge in [0.1, 0.15) is 5.75 Å². The van der Waals surface area contributed by atoms with Gasteiger partial charge in [0, 0.05) is 0 Å². The minimum absolute atomic E-state index is 0.163. The molecule has 0 aromatic heterocycles. The van der Waals surface area contributed by atoms with Crippen molar-refractivity contribution in [3.63, 3.8) is 0 Å². The molecule has 4 rings (SSSR count). The predicted octanol–water partition coefficient (Wildman–Crippen LogP) is 3.37. The number of imide groups is 1. The molecule has 0 spiro atoms. The molecule has 1 aliphatic heterocycles. The van der Waals surface area contributed by atoms with Gasteiger partial charge in [0.2, 0.25) is 0 Å². The smallest absolute Gasteiger partial charge is 0.347 e. The van der Waals surface area contributed by atoms with Crippen LogP contribution in [0.1, 0.15) is 25.8 Å². The van der Waals surface area contributed by atoms with Crippen molar-refractivity contribution in [2.75, 3.05) is 6.61 Å². The Hall–Kier alpha value is -1.50. The molecule has 158 valence electrons. The van der Waals surface area contributed by atoms with Crippen molar-refractivity contribution in [1.82, 2.24) is 5.01 Å². The van der Waals surface area contributed by atoms with Crippen LogP contribution in [0, 0.1) is 30.8 Å². The zero-order valence-corrected chi connectivity index (χ0v) is 20.7. The molecule has 2 bridgehead atoms. The number of hydrogen-bond donors (Lipinski definition) is 0. The predicted molar refractivity (Wildman–Crippen MR) is 126 cm³/mol. The Morgan fingerprint density at radius 3 is 2.30 bits per heavy atom. The average Bonchev–Trinajstić information content (AvgIpc) is 3.37. The largest absolute Gasteiger partial charge is 0.477 e. The molecule has 2 fully saturated rings. The second kappa shape index (κ2) is 8.56. The molecule has 3 aliphatic rings. The average molecular weight is 634 g/mol. The fraction of sp³-hybridized carbons (Fsp3) is 0.429. The fourth-order valence-electron chi connectivity index (χ4n) is 4.38. The van der Waals surface area contributed by atoms with Gasteiger partial charge in [-0.05, 0) is 95.0 Å². The molecule has 30 heavy (non-hydrogen) atoms. The van der Waals surface area contributed by atoms with Crippen LogP contribution in [0.2, 0.25) is 0 Å². The van der Waals surface area contributed by atoms with Crippen LogP contribution in [0.3, 0.4) is 0 Å². The first kappa shape index (κ1) is 21.7. The van der Waals surface area contributed by atoms with Gasteiger partial charge in [-0.3, -0.25) is 9.59 Å². The van der Waals surface area contributed by atoms with E-state index in [1.807, 2.05) is 12.1 Å². The number of esters is 1. The minimum Gasteiger partial charge on any atom is -0.477 e. The number of nitrogens with zero attached hydrogens (tertiary/aromatic N) is 2. The van der Waals surface area contributed by atoms with Gasteiger partial charge < -0.3 is 9.47 Å². The number of allylic oxidation sites excluding steroid dienone is 2. The summed E-state index contributed by atoms with van der Waals surface area (Å²) in [7, 11) is 0. The quantitative estimate of drug-likeness (QED) is 0.158. The zero-order chi connectivity index (χ0) is 21.6. The first-order chi connectivity index (χ1) is 14.3. The second-order valence-electron chi connectivity index (χ2n) is 7.56. The van der Waals surface area contributed by atoms with Crippen molar-refractivity contribution in [3.8, 4) is 5.75 Å². The Kier molecular flexibility index (Phi) is 6.20. The maximum absolute atomic E-state index is 12.7. The summed E-state index contributed by atoms with van der Waals surface area (Å²) >= 11 is 4.24. The molecule has 1 aromatic rings. The van der Waals surface area contributed by atoms with Crippen molar-refractivity contribution in [3.05, 3.63) is 37.0 Å². The van der Waals surface area contributed by atoms with Crippen LogP contribution in [0.5, 0.6) is 5.75 Å². The molecule has 5 atom stereocenters. The molecular formula is C21H20I2N2O5. The molecule has 0 unspecified atom stereocenters. The third kappa shape index (κ3) is 3.78. The Bertz CT molecular complexity index is 923. The Morgan fingerprint density at radius 1 is 1.20 bits per heavy atom. The number of amides is 2. The Balaban J connectivity index is 1.49. The van der Waals surface area contributed by atoms with Gasteiger partial charge in [-0.15, -0.1) is 0 Å². The van der Waals surface area contributed by atoms with Crippen LogP contribution in [-0.4, -0.2) is 41.7 Å². The summed E-state index contributed by atoms with van der Waals surface area (Å²) < 4.78 is 12.3. The summed E-state index contributed by atoms with van der Waals surface area (Å²) in [4.78, 5) is 37.3. The minimum atomic E-state index is -0.727. The molecule has 0 N–H and O–H groups in total. The van der Waals surface area contributed by atoms with E-state index in [0.717, 1.165) is 24.1 Å². The van der Waals surface area contributed by atoms with E-state index in [1.54, 1.807) is 13.8 Å². The lowest BCUT2D eigenvalue weighted by molar-refractivity contribution is -0.150. The molecule has 9 heteroatoms. The third-order valence-corrected chi connectivity index (χ3v) is 7.31. The van der Waals surface area contributed by atoms with Crippen LogP contribution >= 0.6 is 45.2 Å². The Morgan fingerprint density at radius 2 is 1.77 bits per heavy atom. The topological polar surface area (TPSA) is 85.3 Å². The van der Waals surface area contributed by atoms with Gasteiger partial charge in [-0.2, -0.15) is 10.1 Å². The number of benzene rings is 1. The third-order valence-electron chi connectivity index (χ3n) is 5.70. The van der Waals surface area contributed by atoms with E-state index in [-0.39, 0.29) is 35.5 Å². The number of carbonyl (C=O) groups excluding carboxylic acids is 3. The summed E-state index contributed by atoms with van der Waals surface area (Å²) in [6.45, 7) is 3.68. The van der Waals surface area contributed by atoms with E-state index in [4.69, 9.17) is 9.47 Å². The molecule has 1 saturated heterocycles. The maximum Gasteiger partial charge on any atom is 0.347 e. The van der Waals surface area contributed by atoms with Gasteiger partial charge in [0.25, 0.3) is 11.8 Å². The van der Waals surface area contributed by atoms with E-state index < -0.39 is 12.1 Å². The lowest BCUT2D eigenvalue weighted by atomic mass is 9.85. The second-order valence-corrected chi connectivity index (χ2v) is 9.88. The number of carbonyl (C=O) groups is 3. The number of ether oxygens (including phenoxy) is 2. The van der Waals surface area contributed by atoms with E-state index in [0.29, 0.717) is 12.4 Å². The van der Waals surface area contributed by atoms with E-state index in [1.165, 1.54) is 6.21 Å². The van der Waals surface area contributed by atoms with Crippen molar-refractivity contribution in [2.45, 2.75) is 26.4 Å². The van der Waals surface area contributed by atoms with Gasteiger partial charge in [0.15, 0.2) is 6.10 Å². The van der Waals surface area contributed by atoms with Crippen molar-refractivity contribution in [1.29, 1.82) is 0 Å². The highest BCUT2D eigenvalue weighted by atomic mass is 127. The van der Waals surface area contributed by atoms with Crippen LogP contribution in [0.4, 0.5) is 0 Å². The number of fused-ring (bicyclic) bond motifs is 5. The number of rotatable bonds is 6. The van der Waals surface area contributed by atoms with Crippen molar-refractivity contribution >= 4 is 69.2 Å². The van der Waals surface area contributed by atoms with E-state index in [9.17, 15) is 14.4 Å². The van der Waals surface area contributed by atoms with Gasteiger partial charge >= 0.3 is 5.97 Å². The number of halogens is 2. The SMILES string of the molecule is CCOC(=O)[C@@H](C)Oc1c(I)cc(C=NN2C(=O)[C@@H]3[C@H](C2=O)[C@H]2C=C[C@H]3C2)cc1I. The van der Waals surface area contributed by atoms with E-state index >= 15 is 0 Å². The fourth-order valence-corrected chi connectivity index (χ4v) is 6.45. The number of hydrogen-bond acceptors (Lipinski definition) is 6. The molecule has 1 saturated carbocycles. The highest BCUT2D eigenvalue weighted by molar-refractivity contribution is 14.1. The first-order valence-corrected chi connectivity index (χ1v) is 11.9. The van der Waals surface area contributed by atoms with E-state index in [2.05, 4.69) is 62.4 Å². The summed E-state index contributed by atoms with van der Waals surface area (Å²) in [6.07, 6.45) is 5.81. The lowest BCUT2D eigenvalue weighted by Gasteiger charge is -2.16. The van der Waals surface area contributed by atoms with Crippen LogP contribution in [0.25, 0.3) is 0 Å². The molecule has 2 amide bonds. The van der Waals surface area contributed by atoms with Crippen LogP contribution in [-0.2, 0) is 19.1 Å². The summed E-state index contributed by atoms with van der Waals surface area (Å²) in [6, 6.07) is 3.66. The highest BCUT2D eigenvalue weighted by Gasteiger charge is 2.59. The van der Waals surface area contributed by atoms with Gasteiger partial charge in [-0.1, -0.05) is 12.2 Å². The van der Waals surface area contributed by atoms with Gasteiger partial charge in [0.05, 0.1) is 31.8 Å². The first-order valence-electron chi connectivity index (χ1n) is 9.74. The van der Waals surface area contributed by atoms with Crippen molar-refractivity contribution < 1.29 is 23.9 Å². The highest BCUT2D eigenvalue weighted by Crippen LogP contribution is 2.52. The standard InChI is InChI=1S/C21H20I2N2O5/c1-3-29-21(28)10(2)30-18-14(22)6-11(7-15(18)23)9-24-25-19(26)16-12-4-5-13(8-12)17(16)20(25)27/h4-7,9-10,12-13,16-17H,3,8H2,1-2H3/t10-,12+,13+,16-,17+/m1/s1. The molecular weight excluding hydrogens is 614 g/mol.